The molecule has 0 saturated carbocycles. The Hall–Kier alpha value is -3.12. The number of nitrogens with one attached hydrogen (secondary N) is 1. The van der Waals surface area contributed by atoms with E-state index in [2.05, 4.69) is 60.4 Å². The minimum absolute atomic E-state index is 0.0127. The van der Waals surface area contributed by atoms with Crippen LogP contribution in [-0.4, -0.2) is 46.9 Å². The summed E-state index contributed by atoms with van der Waals surface area (Å²) in [6.07, 6.45) is 5.51. The van der Waals surface area contributed by atoms with Gasteiger partial charge in [0.15, 0.2) is 0 Å². The number of aromatic nitrogens is 2. The summed E-state index contributed by atoms with van der Waals surface area (Å²) in [5.74, 6) is 0.849. The monoisotopic (exact) mass is 459 g/mol. The average Bonchev–Trinajstić information content (AvgIpc) is 3.58. The number of hydrogen-bond acceptors (Lipinski definition) is 4. The molecule has 0 bridgehead atoms. The Labute approximate surface area is 201 Å². The Kier molecular flexibility index (Phi) is 6.68. The normalized spacial score (nSPS) is 19.6. The Morgan fingerprint density at radius 2 is 1.91 bits per heavy atom. The van der Waals surface area contributed by atoms with E-state index in [1.807, 2.05) is 17.0 Å². The Balaban J connectivity index is 1.48. The van der Waals surface area contributed by atoms with E-state index in [4.69, 9.17) is 9.47 Å². The molecule has 1 amide bonds. The zero-order valence-electron chi connectivity index (χ0n) is 20.0. The van der Waals surface area contributed by atoms with Crippen molar-refractivity contribution in [2.75, 3.05) is 19.8 Å². The minimum atomic E-state index is -0.212. The fourth-order valence-electron chi connectivity index (χ4n) is 4.96. The maximum atomic E-state index is 13.5. The molecule has 1 saturated heterocycles. The number of ether oxygens (including phenoxy) is 2. The van der Waals surface area contributed by atoms with E-state index in [1.165, 1.54) is 18.4 Å². The Morgan fingerprint density at radius 1 is 1.12 bits per heavy atom. The van der Waals surface area contributed by atoms with E-state index < -0.39 is 0 Å². The fraction of sp³-hybridized carbons (Fsp3) is 0.429. The number of unbranched alkanes of at least 4 members (excludes halogenated alkanes) is 2. The molecule has 2 aliphatic rings. The van der Waals surface area contributed by atoms with Crippen molar-refractivity contribution in [2.24, 2.45) is 0 Å². The fourth-order valence-corrected chi connectivity index (χ4v) is 4.96. The molecule has 178 valence electrons. The third kappa shape index (κ3) is 4.47. The number of benzene rings is 2. The first-order valence-corrected chi connectivity index (χ1v) is 12.5. The average molecular weight is 460 g/mol. The second-order valence-electron chi connectivity index (χ2n) is 9.35. The van der Waals surface area contributed by atoms with Gasteiger partial charge >= 0.3 is 0 Å². The van der Waals surface area contributed by atoms with Gasteiger partial charge in [-0.25, -0.2) is 0 Å². The maximum Gasteiger partial charge on any atom is 0.273 e. The highest BCUT2D eigenvalue weighted by molar-refractivity contribution is 6.00. The lowest BCUT2D eigenvalue weighted by Crippen LogP contribution is -2.36. The second-order valence-corrected chi connectivity index (χ2v) is 9.35. The highest BCUT2D eigenvalue weighted by Crippen LogP contribution is 2.43. The van der Waals surface area contributed by atoms with Crippen LogP contribution in [0.1, 0.15) is 72.2 Å². The number of carbonyl (C=O) groups is 1. The summed E-state index contributed by atoms with van der Waals surface area (Å²) in [5, 5.41) is 7.63. The lowest BCUT2D eigenvalue weighted by atomic mass is 9.95. The van der Waals surface area contributed by atoms with E-state index in [1.54, 1.807) is 0 Å². The van der Waals surface area contributed by atoms with Crippen LogP contribution < -0.4 is 4.74 Å². The van der Waals surface area contributed by atoms with Crippen LogP contribution in [0.4, 0.5) is 0 Å². The van der Waals surface area contributed by atoms with Crippen molar-refractivity contribution >= 4 is 5.91 Å². The highest BCUT2D eigenvalue weighted by Gasteiger charge is 2.43. The number of fused-ring (bicyclic) bond motifs is 1. The molecule has 3 aromatic rings. The van der Waals surface area contributed by atoms with Gasteiger partial charge in [0.05, 0.1) is 24.4 Å². The van der Waals surface area contributed by atoms with E-state index in [0.29, 0.717) is 12.2 Å². The molecule has 1 N–H and O–H groups in total. The topological polar surface area (TPSA) is 67.5 Å². The van der Waals surface area contributed by atoms with E-state index >= 15 is 0 Å². The molecule has 0 aliphatic carbocycles. The van der Waals surface area contributed by atoms with Crippen LogP contribution in [0, 0.1) is 6.92 Å². The van der Waals surface area contributed by atoms with Gasteiger partial charge in [-0.2, -0.15) is 5.10 Å². The van der Waals surface area contributed by atoms with Gasteiger partial charge in [0.1, 0.15) is 11.4 Å². The number of hydrogen-bond donors (Lipinski definition) is 1. The minimum Gasteiger partial charge on any atom is -0.494 e. The molecular weight excluding hydrogens is 426 g/mol. The molecule has 5 rings (SSSR count). The molecule has 2 unspecified atom stereocenters. The van der Waals surface area contributed by atoms with Crippen molar-refractivity contribution in [3.63, 3.8) is 0 Å². The molecule has 1 aromatic heterocycles. The van der Waals surface area contributed by atoms with Gasteiger partial charge in [-0.05, 0) is 43.9 Å². The number of nitrogens with zero attached hydrogens (tertiary/aromatic N) is 2. The van der Waals surface area contributed by atoms with Crippen LogP contribution in [-0.2, 0) is 4.74 Å². The maximum absolute atomic E-state index is 13.5. The van der Waals surface area contributed by atoms with Crippen molar-refractivity contribution in [1.29, 1.82) is 0 Å². The van der Waals surface area contributed by atoms with Crippen LogP contribution in [0.2, 0.25) is 0 Å². The molecule has 2 aromatic carbocycles. The molecule has 6 nitrogen and oxygen atoms in total. The van der Waals surface area contributed by atoms with Crippen LogP contribution in [0.15, 0.2) is 48.5 Å². The van der Waals surface area contributed by atoms with Crippen molar-refractivity contribution in [3.8, 4) is 17.0 Å². The molecule has 6 heteroatoms. The summed E-state index contributed by atoms with van der Waals surface area (Å²) in [5.41, 5.74) is 5.62. The summed E-state index contributed by atoms with van der Waals surface area (Å²) in [6.45, 7) is 6.33. The van der Waals surface area contributed by atoms with Crippen molar-refractivity contribution in [3.05, 3.63) is 70.9 Å². The largest absolute Gasteiger partial charge is 0.494 e. The van der Waals surface area contributed by atoms with Gasteiger partial charge < -0.3 is 14.4 Å². The lowest BCUT2D eigenvalue weighted by molar-refractivity contribution is 0.0495. The first-order valence-electron chi connectivity index (χ1n) is 12.5. The third-order valence-corrected chi connectivity index (χ3v) is 6.83. The number of amides is 1. The predicted molar refractivity (Wildman–Crippen MR) is 132 cm³/mol. The molecule has 0 radical (unpaired) electrons. The van der Waals surface area contributed by atoms with Crippen LogP contribution in [0.3, 0.4) is 0 Å². The molecule has 2 aliphatic heterocycles. The van der Waals surface area contributed by atoms with Crippen molar-refractivity contribution in [2.45, 2.75) is 58.1 Å². The molecule has 3 heterocycles. The van der Waals surface area contributed by atoms with Gasteiger partial charge in [-0.3, -0.25) is 9.89 Å². The zero-order valence-corrected chi connectivity index (χ0v) is 20.0. The molecule has 0 spiro atoms. The molecule has 1 fully saturated rings. The van der Waals surface area contributed by atoms with Gasteiger partial charge in [-0.1, -0.05) is 61.7 Å². The van der Waals surface area contributed by atoms with Crippen LogP contribution >= 0.6 is 0 Å². The molecule has 2 atom stereocenters. The van der Waals surface area contributed by atoms with Crippen LogP contribution in [0.5, 0.6) is 5.75 Å². The van der Waals surface area contributed by atoms with E-state index in [0.717, 1.165) is 60.6 Å². The summed E-state index contributed by atoms with van der Waals surface area (Å²) >= 11 is 0. The summed E-state index contributed by atoms with van der Waals surface area (Å²) in [4.78, 5) is 15.5. The number of rotatable bonds is 9. The van der Waals surface area contributed by atoms with Crippen LogP contribution in [0.25, 0.3) is 11.3 Å². The smallest absolute Gasteiger partial charge is 0.273 e. The summed E-state index contributed by atoms with van der Waals surface area (Å²) in [6, 6.07) is 16.3. The zero-order chi connectivity index (χ0) is 23.5. The van der Waals surface area contributed by atoms with Gasteiger partial charge in [-0.15, -0.1) is 0 Å². The second kappa shape index (κ2) is 10.0. The molecule has 34 heavy (non-hydrogen) atoms. The summed E-state index contributed by atoms with van der Waals surface area (Å²) in [7, 11) is 0. The molecular formula is C28H33N3O3. The van der Waals surface area contributed by atoms with Crippen molar-refractivity contribution in [1.82, 2.24) is 15.1 Å². The van der Waals surface area contributed by atoms with Gasteiger partial charge in [0.25, 0.3) is 5.91 Å². The number of aromatic amines is 1. The number of carbonyl (C=O) groups excluding carboxylic acids is 1. The van der Waals surface area contributed by atoms with Crippen molar-refractivity contribution < 1.29 is 14.3 Å². The van der Waals surface area contributed by atoms with Gasteiger partial charge in [0.2, 0.25) is 0 Å². The SMILES string of the molecule is CCCCCOc1ccc(C2c3c(-c4ccc(C)cc4)n[nH]c3C(=O)N2CC2CCCO2)cc1. The Bertz CT molecular complexity index is 1110. The standard InChI is InChI=1S/C28H33N3O3/c1-3-4-5-16-33-22-14-12-21(13-15-22)27-24-25(20-10-8-19(2)9-11-20)29-30-26(24)28(32)31(27)18-23-7-6-17-34-23/h8-15,23,27H,3-7,16-18H2,1-2H3,(H,29,30). The summed E-state index contributed by atoms with van der Waals surface area (Å²) < 4.78 is 11.8. The lowest BCUT2D eigenvalue weighted by Gasteiger charge is -2.28. The quantitative estimate of drug-likeness (QED) is 0.418. The predicted octanol–water partition coefficient (Wildman–Crippen LogP) is 5.68. The van der Waals surface area contributed by atoms with Gasteiger partial charge in [0, 0.05) is 24.3 Å². The Morgan fingerprint density at radius 3 is 2.62 bits per heavy atom. The van der Waals surface area contributed by atoms with E-state index in [9.17, 15) is 4.79 Å². The highest BCUT2D eigenvalue weighted by atomic mass is 16.5. The van der Waals surface area contributed by atoms with E-state index in [-0.39, 0.29) is 18.1 Å². The third-order valence-electron chi connectivity index (χ3n) is 6.83. The number of aryl methyl sites for hydroxylation is 1. The number of H-pyrrole nitrogens is 1. The first kappa shape index (κ1) is 22.7. The first-order chi connectivity index (χ1) is 16.7.